The van der Waals surface area contributed by atoms with Gasteiger partial charge in [0.15, 0.2) is 0 Å². The summed E-state index contributed by atoms with van der Waals surface area (Å²) in [6, 6.07) is 4.45. The summed E-state index contributed by atoms with van der Waals surface area (Å²) in [7, 11) is 0. The minimum absolute atomic E-state index is 0.200. The molecule has 1 aromatic carbocycles. The number of aliphatic hydroxyl groups is 1. The first kappa shape index (κ1) is 12.8. The maximum Gasteiger partial charge on any atom is 0.124 e. The van der Waals surface area contributed by atoms with Crippen LogP contribution < -0.4 is 0 Å². The van der Waals surface area contributed by atoms with Crippen molar-refractivity contribution >= 4 is 23.4 Å². The number of hydrogen-bond acceptors (Lipinski definition) is 2. The number of thioether (sulfide) groups is 1. The molecule has 1 nitrogen and oxygen atoms in total. The van der Waals surface area contributed by atoms with Gasteiger partial charge in [-0.25, -0.2) is 4.39 Å². The normalized spacial score (nSPS) is 12.8. The Labute approximate surface area is 98.6 Å². The van der Waals surface area contributed by atoms with Crippen molar-refractivity contribution in [3.05, 3.63) is 34.6 Å². The Bertz CT molecular complexity index is 319. The summed E-state index contributed by atoms with van der Waals surface area (Å²) < 4.78 is 12.7. The first-order valence-electron chi connectivity index (χ1n) is 4.80. The van der Waals surface area contributed by atoms with E-state index in [0.717, 1.165) is 17.7 Å². The number of rotatable bonds is 5. The number of halogens is 2. The SMILES string of the molecule is CC(CCO)SCc1ccc(F)cc1Cl. The molecule has 1 aromatic rings. The summed E-state index contributed by atoms with van der Waals surface area (Å²) in [5.74, 6) is 0.442. The standard InChI is InChI=1S/C11H14ClFOS/c1-8(4-5-14)15-7-9-2-3-10(13)6-11(9)12/h2-3,6,8,14H,4-5,7H2,1H3. The van der Waals surface area contributed by atoms with Crippen LogP contribution in [-0.2, 0) is 5.75 Å². The highest BCUT2D eigenvalue weighted by atomic mass is 35.5. The van der Waals surface area contributed by atoms with Gasteiger partial charge in [-0.05, 0) is 24.1 Å². The van der Waals surface area contributed by atoms with Crippen LogP contribution in [0.15, 0.2) is 18.2 Å². The third-order valence-electron chi connectivity index (χ3n) is 2.07. The fourth-order valence-electron chi connectivity index (χ4n) is 1.14. The molecule has 0 aliphatic heterocycles. The summed E-state index contributed by atoms with van der Waals surface area (Å²) in [6.07, 6.45) is 0.767. The van der Waals surface area contributed by atoms with E-state index in [1.165, 1.54) is 12.1 Å². The summed E-state index contributed by atoms with van der Waals surface area (Å²) in [5, 5.41) is 9.59. The Morgan fingerprint density at radius 3 is 2.87 bits per heavy atom. The Balaban J connectivity index is 2.50. The Morgan fingerprint density at radius 1 is 1.53 bits per heavy atom. The van der Waals surface area contributed by atoms with Gasteiger partial charge in [0.2, 0.25) is 0 Å². The van der Waals surface area contributed by atoms with E-state index in [4.69, 9.17) is 16.7 Å². The third-order valence-corrected chi connectivity index (χ3v) is 3.71. The van der Waals surface area contributed by atoms with E-state index in [1.807, 2.05) is 0 Å². The summed E-state index contributed by atoms with van der Waals surface area (Å²) in [4.78, 5) is 0. The molecule has 0 bridgehead atoms. The van der Waals surface area contributed by atoms with E-state index in [1.54, 1.807) is 17.8 Å². The second kappa shape index (κ2) is 6.36. The Kier molecular flexibility index (Phi) is 5.43. The van der Waals surface area contributed by atoms with Gasteiger partial charge < -0.3 is 5.11 Å². The lowest BCUT2D eigenvalue weighted by atomic mass is 10.2. The lowest BCUT2D eigenvalue weighted by molar-refractivity contribution is 0.289. The molecular weight excluding hydrogens is 235 g/mol. The zero-order valence-electron chi connectivity index (χ0n) is 8.54. The molecule has 0 saturated carbocycles. The number of hydrogen-bond donors (Lipinski definition) is 1. The van der Waals surface area contributed by atoms with Crippen molar-refractivity contribution in [2.75, 3.05) is 6.61 Å². The highest BCUT2D eigenvalue weighted by molar-refractivity contribution is 7.99. The zero-order valence-corrected chi connectivity index (χ0v) is 10.1. The van der Waals surface area contributed by atoms with Crippen molar-refractivity contribution < 1.29 is 9.50 Å². The molecule has 0 amide bonds. The van der Waals surface area contributed by atoms with Crippen molar-refractivity contribution in [1.29, 1.82) is 0 Å². The molecule has 0 fully saturated rings. The predicted octanol–water partition coefficient (Wildman–Crippen LogP) is 3.48. The average Bonchev–Trinajstić information content (AvgIpc) is 2.17. The molecule has 4 heteroatoms. The topological polar surface area (TPSA) is 20.2 Å². The van der Waals surface area contributed by atoms with Crippen LogP contribution in [0.1, 0.15) is 18.9 Å². The maximum absolute atomic E-state index is 12.7. The second-order valence-corrected chi connectivity index (χ2v) is 5.20. The minimum Gasteiger partial charge on any atom is -0.396 e. The first-order chi connectivity index (χ1) is 7.13. The fourth-order valence-corrected chi connectivity index (χ4v) is 2.44. The highest BCUT2D eigenvalue weighted by Crippen LogP contribution is 2.25. The smallest absolute Gasteiger partial charge is 0.124 e. The van der Waals surface area contributed by atoms with Crippen molar-refractivity contribution in [3.63, 3.8) is 0 Å². The van der Waals surface area contributed by atoms with Crippen LogP contribution in [0, 0.1) is 5.82 Å². The molecule has 1 rings (SSSR count). The van der Waals surface area contributed by atoms with Gasteiger partial charge in [-0.3, -0.25) is 0 Å². The summed E-state index contributed by atoms with van der Waals surface area (Å²) in [6.45, 7) is 2.25. The van der Waals surface area contributed by atoms with E-state index >= 15 is 0 Å². The van der Waals surface area contributed by atoms with Crippen LogP contribution in [-0.4, -0.2) is 17.0 Å². The van der Waals surface area contributed by atoms with Gasteiger partial charge in [0, 0.05) is 22.6 Å². The molecule has 1 atom stereocenters. The van der Waals surface area contributed by atoms with Gasteiger partial charge in [0.1, 0.15) is 5.82 Å². The number of aliphatic hydroxyl groups excluding tert-OH is 1. The van der Waals surface area contributed by atoms with Crippen molar-refractivity contribution in [1.82, 2.24) is 0 Å². The van der Waals surface area contributed by atoms with Crippen molar-refractivity contribution in [2.45, 2.75) is 24.3 Å². The van der Waals surface area contributed by atoms with E-state index in [2.05, 4.69) is 6.92 Å². The summed E-state index contributed by atoms with van der Waals surface area (Å²) in [5.41, 5.74) is 0.938. The van der Waals surface area contributed by atoms with E-state index in [-0.39, 0.29) is 12.4 Å². The lowest BCUT2D eigenvalue weighted by Gasteiger charge is -2.10. The van der Waals surface area contributed by atoms with Crippen LogP contribution in [0.2, 0.25) is 5.02 Å². The van der Waals surface area contributed by atoms with Crippen molar-refractivity contribution in [3.8, 4) is 0 Å². The number of benzene rings is 1. The molecule has 1 unspecified atom stereocenters. The van der Waals surface area contributed by atoms with Crippen LogP contribution >= 0.6 is 23.4 Å². The van der Waals surface area contributed by atoms with Gasteiger partial charge >= 0.3 is 0 Å². The molecule has 1 N–H and O–H groups in total. The van der Waals surface area contributed by atoms with Crippen molar-refractivity contribution in [2.24, 2.45) is 0 Å². The van der Waals surface area contributed by atoms with Gasteiger partial charge in [-0.1, -0.05) is 24.6 Å². The molecule has 0 spiro atoms. The molecule has 0 saturated heterocycles. The third kappa shape index (κ3) is 4.41. The lowest BCUT2D eigenvalue weighted by Crippen LogP contribution is -2.00. The second-order valence-electron chi connectivity index (χ2n) is 3.37. The maximum atomic E-state index is 12.7. The fraction of sp³-hybridized carbons (Fsp3) is 0.455. The largest absolute Gasteiger partial charge is 0.396 e. The van der Waals surface area contributed by atoms with Crippen LogP contribution in [0.25, 0.3) is 0 Å². The minimum atomic E-state index is -0.308. The zero-order chi connectivity index (χ0) is 11.3. The summed E-state index contributed by atoms with van der Waals surface area (Å²) >= 11 is 7.59. The molecule has 0 aromatic heterocycles. The van der Waals surface area contributed by atoms with E-state index < -0.39 is 0 Å². The van der Waals surface area contributed by atoms with Gasteiger partial charge in [0.05, 0.1) is 0 Å². The van der Waals surface area contributed by atoms with Gasteiger partial charge in [-0.2, -0.15) is 11.8 Å². The van der Waals surface area contributed by atoms with Crippen LogP contribution in [0.3, 0.4) is 0 Å². The molecule has 0 radical (unpaired) electrons. The molecular formula is C11H14ClFOS. The molecule has 0 aliphatic rings. The average molecular weight is 249 g/mol. The van der Waals surface area contributed by atoms with Gasteiger partial charge in [0.25, 0.3) is 0 Å². The predicted molar refractivity (Wildman–Crippen MR) is 63.9 cm³/mol. The van der Waals surface area contributed by atoms with E-state index in [0.29, 0.717) is 10.3 Å². The van der Waals surface area contributed by atoms with Gasteiger partial charge in [-0.15, -0.1) is 0 Å². The highest BCUT2D eigenvalue weighted by Gasteiger charge is 2.05. The molecule has 0 heterocycles. The quantitative estimate of drug-likeness (QED) is 0.861. The molecule has 0 aliphatic carbocycles. The Hall–Kier alpha value is -0.250. The van der Waals surface area contributed by atoms with E-state index in [9.17, 15) is 4.39 Å². The van der Waals surface area contributed by atoms with Crippen LogP contribution in [0.5, 0.6) is 0 Å². The Morgan fingerprint density at radius 2 is 2.27 bits per heavy atom. The molecule has 84 valence electrons. The molecule has 15 heavy (non-hydrogen) atoms. The monoisotopic (exact) mass is 248 g/mol. The van der Waals surface area contributed by atoms with Crippen LogP contribution in [0.4, 0.5) is 4.39 Å². The first-order valence-corrected chi connectivity index (χ1v) is 6.22.